The van der Waals surface area contributed by atoms with Gasteiger partial charge in [0.1, 0.15) is 12.7 Å². The topological polar surface area (TPSA) is 149 Å². The number of ether oxygens (including phenoxy) is 2. The molecule has 3 unspecified atom stereocenters. The van der Waals surface area contributed by atoms with Gasteiger partial charge in [0.2, 0.25) is 0 Å². The van der Waals surface area contributed by atoms with Crippen molar-refractivity contribution in [3.63, 3.8) is 0 Å². The number of allylic oxidation sites excluding steroid dienone is 18. The Morgan fingerprint density at radius 1 is 0.545 bits per heavy atom. The Morgan fingerprint density at radius 2 is 0.945 bits per heavy atom. The summed E-state index contributed by atoms with van der Waals surface area (Å²) in [6.07, 6.45) is 47.8. The predicted molar refractivity (Wildman–Crippen MR) is 223 cm³/mol. The van der Waals surface area contributed by atoms with E-state index in [4.69, 9.17) is 19.1 Å². The zero-order chi connectivity index (χ0) is 40.5. The van der Waals surface area contributed by atoms with Crippen molar-refractivity contribution < 1.29 is 47.8 Å². The minimum absolute atomic E-state index is 0.0893. The van der Waals surface area contributed by atoms with Crippen molar-refractivity contribution >= 4 is 19.8 Å². The lowest BCUT2D eigenvalue weighted by molar-refractivity contribution is -0.161. The summed E-state index contributed by atoms with van der Waals surface area (Å²) in [5.41, 5.74) is 0. The highest BCUT2D eigenvalue weighted by Crippen LogP contribution is 2.43. The molecule has 0 aromatic rings. The Hall–Kier alpha value is -3.37. The van der Waals surface area contributed by atoms with E-state index in [-0.39, 0.29) is 19.4 Å². The summed E-state index contributed by atoms with van der Waals surface area (Å²) in [7, 11) is -4.65. The van der Waals surface area contributed by atoms with E-state index in [1.165, 1.54) is 0 Å². The van der Waals surface area contributed by atoms with Gasteiger partial charge in [0.05, 0.1) is 19.8 Å². The molecule has 11 heteroatoms. The van der Waals surface area contributed by atoms with Crippen LogP contribution in [0.3, 0.4) is 0 Å². The summed E-state index contributed by atoms with van der Waals surface area (Å²) < 4.78 is 32.5. The number of esters is 2. The molecule has 0 aliphatic rings. The third kappa shape index (κ3) is 38.7. The van der Waals surface area contributed by atoms with Gasteiger partial charge in [-0.25, -0.2) is 4.57 Å². The molecule has 0 aliphatic heterocycles. The lowest BCUT2D eigenvalue weighted by Crippen LogP contribution is -2.29. The smallest absolute Gasteiger partial charge is 0.462 e. The normalized spacial score (nSPS) is 15.1. The highest BCUT2D eigenvalue weighted by Gasteiger charge is 2.27. The van der Waals surface area contributed by atoms with Gasteiger partial charge in [-0.15, -0.1) is 0 Å². The first-order valence-electron chi connectivity index (χ1n) is 19.8. The molecule has 0 rings (SSSR count). The van der Waals surface area contributed by atoms with Gasteiger partial charge in [-0.2, -0.15) is 0 Å². The van der Waals surface area contributed by atoms with Gasteiger partial charge < -0.3 is 24.6 Å². The third-order valence-electron chi connectivity index (χ3n) is 7.42. The molecule has 0 radical (unpaired) electrons. The molecule has 0 heterocycles. The number of phosphoric acid groups is 1. The molecule has 0 aromatic carbocycles. The Balaban J connectivity index is 4.55. The molecule has 310 valence electrons. The van der Waals surface area contributed by atoms with Gasteiger partial charge in [-0.1, -0.05) is 123 Å². The van der Waals surface area contributed by atoms with Gasteiger partial charge in [0.25, 0.3) is 0 Å². The summed E-state index contributed by atoms with van der Waals surface area (Å²) in [5.74, 6) is -1.06. The molecular weight excluding hydrogens is 719 g/mol. The van der Waals surface area contributed by atoms with Crippen molar-refractivity contribution in [3.8, 4) is 0 Å². The number of phosphoric ester groups is 1. The van der Waals surface area contributed by atoms with Crippen molar-refractivity contribution in [1.82, 2.24) is 0 Å². The molecule has 55 heavy (non-hydrogen) atoms. The van der Waals surface area contributed by atoms with Crippen molar-refractivity contribution in [2.45, 2.75) is 129 Å². The van der Waals surface area contributed by atoms with E-state index in [1.54, 1.807) is 0 Å². The minimum atomic E-state index is -4.65. The van der Waals surface area contributed by atoms with E-state index in [1.807, 2.05) is 12.2 Å². The van der Waals surface area contributed by atoms with Crippen LogP contribution in [-0.2, 0) is 32.7 Å². The Bertz CT molecular complexity index is 1270. The highest BCUT2D eigenvalue weighted by molar-refractivity contribution is 7.47. The number of unbranched alkanes of at least 4 members (excludes halogenated alkanes) is 3. The molecule has 0 saturated heterocycles. The molecule has 0 aliphatic carbocycles. The number of carbonyl (C=O) groups excluding carboxylic acids is 2. The zero-order valence-electron chi connectivity index (χ0n) is 33.3. The second kappa shape index (κ2) is 38.9. The largest absolute Gasteiger partial charge is 0.472 e. The molecule has 3 atom stereocenters. The van der Waals surface area contributed by atoms with Crippen molar-refractivity contribution in [3.05, 3.63) is 109 Å². The molecule has 0 amide bonds. The maximum atomic E-state index is 12.6. The van der Waals surface area contributed by atoms with Crippen LogP contribution >= 0.6 is 7.82 Å². The van der Waals surface area contributed by atoms with Crippen LogP contribution in [0.2, 0.25) is 0 Å². The first kappa shape index (κ1) is 51.6. The van der Waals surface area contributed by atoms with Crippen LogP contribution in [0.15, 0.2) is 109 Å². The van der Waals surface area contributed by atoms with Gasteiger partial charge in [-0.3, -0.25) is 18.6 Å². The van der Waals surface area contributed by atoms with Crippen LogP contribution < -0.4 is 0 Å². The maximum Gasteiger partial charge on any atom is 0.472 e. The first-order chi connectivity index (χ1) is 26.7. The number of aliphatic hydroxyl groups is 2. The molecule has 10 nitrogen and oxygen atoms in total. The molecule has 0 saturated carbocycles. The molecule has 0 spiro atoms. The van der Waals surface area contributed by atoms with Crippen LogP contribution in [0.1, 0.15) is 117 Å². The van der Waals surface area contributed by atoms with Crippen LogP contribution in [0.25, 0.3) is 0 Å². The lowest BCUT2D eigenvalue weighted by Gasteiger charge is -2.20. The van der Waals surface area contributed by atoms with Crippen molar-refractivity contribution in [2.75, 3.05) is 26.4 Å². The molecule has 0 aromatic heterocycles. The fourth-order valence-corrected chi connectivity index (χ4v) is 5.22. The number of rotatable bonds is 35. The van der Waals surface area contributed by atoms with E-state index in [0.29, 0.717) is 19.3 Å². The number of carbonyl (C=O) groups is 2. The van der Waals surface area contributed by atoms with E-state index in [2.05, 4.69) is 116 Å². The van der Waals surface area contributed by atoms with E-state index >= 15 is 0 Å². The molecule has 0 bridgehead atoms. The summed E-state index contributed by atoms with van der Waals surface area (Å²) in [6.45, 7) is 1.99. The Morgan fingerprint density at radius 3 is 1.40 bits per heavy atom. The number of hydrogen-bond acceptors (Lipinski definition) is 9. The van der Waals surface area contributed by atoms with Crippen LogP contribution in [0, 0.1) is 0 Å². The van der Waals surface area contributed by atoms with Gasteiger partial charge in [0, 0.05) is 12.8 Å². The Labute approximate surface area is 331 Å². The van der Waals surface area contributed by atoms with E-state index in [0.717, 1.165) is 70.6 Å². The van der Waals surface area contributed by atoms with Gasteiger partial charge in [-0.05, 0) is 89.9 Å². The fourth-order valence-electron chi connectivity index (χ4n) is 4.43. The van der Waals surface area contributed by atoms with Crippen molar-refractivity contribution in [2.24, 2.45) is 0 Å². The highest BCUT2D eigenvalue weighted by atomic mass is 31.2. The third-order valence-corrected chi connectivity index (χ3v) is 8.37. The summed E-state index contributed by atoms with van der Waals surface area (Å²) >= 11 is 0. The van der Waals surface area contributed by atoms with Crippen molar-refractivity contribution in [1.29, 1.82) is 0 Å². The Kier molecular flexibility index (Phi) is 36.5. The van der Waals surface area contributed by atoms with E-state index < -0.39 is 51.8 Å². The van der Waals surface area contributed by atoms with E-state index in [9.17, 15) is 24.2 Å². The van der Waals surface area contributed by atoms with Crippen LogP contribution in [0.5, 0.6) is 0 Å². The minimum Gasteiger partial charge on any atom is -0.462 e. The average molecular weight is 789 g/mol. The molecule has 3 N–H and O–H groups in total. The summed E-state index contributed by atoms with van der Waals surface area (Å²) in [4.78, 5) is 34.9. The monoisotopic (exact) mass is 788 g/mol. The van der Waals surface area contributed by atoms with Gasteiger partial charge >= 0.3 is 19.8 Å². The number of hydrogen-bond donors (Lipinski definition) is 3. The van der Waals surface area contributed by atoms with Crippen LogP contribution in [0.4, 0.5) is 0 Å². The zero-order valence-corrected chi connectivity index (χ0v) is 34.2. The molecular formula is C44H69O10P. The van der Waals surface area contributed by atoms with Crippen LogP contribution in [-0.4, -0.2) is 65.7 Å². The maximum absolute atomic E-state index is 12.6. The second-order valence-corrected chi connectivity index (χ2v) is 14.0. The average Bonchev–Trinajstić information content (AvgIpc) is 3.17. The fraction of sp³-hybridized carbons (Fsp3) is 0.545. The molecule has 0 fully saturated rings. The first-order valence-corrected chi connectivity index (χ1v) is 21.3. The lowest BCUT2D eigenvalue weighted by atomic mass is 10.2. The SMILES string of the molecule is CC/C=C\C/C=C\C/C=C\C/C=C\C/C=C\CCCC(=O)OC(COC(=O)CCCC/C=C\C/C=C\C/C=C\C/C=C\CC)COP(=O)(O)OCC(O)CO. The van der Waals surface area contributed by atoms with Gasteiger partial charge in [0.15, 0.2) is 6.10 Å². The predicted octanol–water partition coefficient (Wildman–Crippen LogP) is 10.2. The quantitative estimate of drug-likeness (QED) is 0.0245. The number of aliphatic hydroxyl groups excluding tert-OH is 2. The standard InChI is InChI=1S/C44H69O10P/c1-3-5-7-9-11-13-15-17-19-20-22-24-26-28-30-32-34-36-44(48)54-42(40-53-55(49,50)52-38-41(46)37-45)39-51-43(47)35-33-31-29-27-25-23-21-18-16-14-12-10-8-6-4-2/h5-8,11-14,17-19,21-22,24-25,27-28,30,41-42,45-46H,3-4,9-10,15-16,20,23,26,29,31-40H2,1-2H3,(H,49,50)/b7-5-,8-6-,13-11-,14-12-,19-17-,21-18-,24-22-,27-25-,30-28-. The second-order valence-electron chi connectivity index (χ2n) is 12.5. The summed E-state index contributed by atoms with van der Waals surface area (Å²) in [6, 6.07) is 0. The summed E-state index contributed by atoms with van der Waals surface area (Å²) in [5, 5.41) is 18.3.